The first-order valence-corrected chi connectivity index (χ1v) is 13.3. The Kier molecular flexibility index (Phi) is 10.6. The fourth-order valence-electron chi connectivity index (χ4n) is 3.91. The van der Waals surface area contributed by atoms with E-state index < -0.39 is 4.92 Å². The monoisotopic (exact) mass is 551 g/mol. The van der Waals surface area contributed by atoms with Crippen LogP contribution in [-0.2, 0) is 22.6 Å². The van der Waals surface area contributed by atoms with Gasteiger partial charge in [-0.25, -0.2) is 0 Å². The van der Waals surface area contributed by atoms with Crippen LogP contribution in [0.2, 0.25) is 0 Å². The Labute approximate surface area is 232 Å². The molecule has 3 aromatic rings. The van der Waals surface area contributed by atoms with Crippen LogP contribution in [0, 0.1) is 10.1 Å². The van der Waals surface area contributed by atoms with Crippen LogP contribution in [0.25, 0.3) is 6.08 Å². The molecule has 0 atom stereocenters. The van der Waals surface area contributed by atoms with E-state index in [1.54, 1.807) is 48.7 Å². The largest absolute Gasteiger partial charge is 0.493 e. The van der Waals surface area contributed by atoms with Crippen molar-refractivity contribution in [3.05, 3.63) is 92.2 Å². The zero-order chi connectivity index (χ0) is 28.4. The molecule has 0 spiro atoms. The summed E-state index contributed by atoms with van der Waals surface area (Å²) in [6.07, 6.45) is 3.58. The second-order valence-corrected chi connectivity index (χ2v) is 10.1. The van der Waals surface area contributed by atoms with Crippen molar-refractivity contribution in [1.82, 2.24) is 9.80 Å². The highest BCUT2D eigenvalue weighted by Gasteiger charge is 2.23. The van der Waals surface area contributed by atoms with Crippen molar-refractivity contribution in [3.8, 4) is 11.5 Å². The molecular weight excluding hydrogens is 518 g/mol. The molecule has 0 aliphatic rings. The summed E-state index contributed by atoms with van der Waals surface area (Å²) in [6.45, 7) is 4.56. The molecule has 0 saturated heterocycles. The van der Waals surface area contributed by atoms with Crippen molar-refractivity contribution in [2.45, 2.75) is 32.9 Å². The summed E-state index contributed by atoms with van der Waals surface area (Å²) in [7, 11) is 3.17. The summed E-state index contributed by atoms with van der Waals surface area (Å²) in [5.74, 6) is 0.797. The molecule has 9 nitrogen and oxygen atoms in total. The molecular formula is C29H33N3O6S. The molecule has 10 heteroatoms. The van der Waals surface area contributed by atoms with E-state index in [0.717, 1.165) is 10.4 Å². The van der Waals surface area contributed by atoms with Crippen molar-refractivity contribution in [2.24, 2.45) is 0 Å². The summed E-state index contributed by atoms with van der Waals surface area (Å²) in [5, 5.41) is 12.8. The Morgan fingerprint density at radius 3 is 2.36 bits per heavy atom. The van der Waals surface area contributed by atoms with Gasteiger partial charge in [0.05, 0.1) is 25.7 Å². The number of nitro benzene ring substituents is 1. The quantitative estimate of drug-likeness (QED) is 0.164. The predicted molar refractivity (Wildman–Crippen MR) is 152 cm³/mol. The minimum atomic E-state index is -0.474. The van der Waals surface area contributed by atoms with Crippen LogP contribution in [0.15, 0.2) is 66.1 Å². The second-order valence-electron chi connectivity index (χ2n) is 9.08. The number of ether oxygens (including phenoxy) is 2. The number of non-ortho nitro benzene ring substituents is 1. The van der Waals surface area contributed by atoms with Gasteiger partial charge < -0.3 is 19.3 Å². The number of methoxy groups -OCH3 is 2. The molecule has 0 bridgehead atoms. The second kappa shape index (κ2) is 14.1. The predicted octanol–water partition coefficient (Wildman–Crippen LogP) is 5.20. The summed E-state index contributed by atoms with van der Waals surface area (Å²) < 4.78 is 10.7. The number of carbonyl (C=O) groups excluding carboxylic acids is 2. The van der Waals surface area contributed by atoms with E-state index in [9.17, 15) is 19.7 Å². The van der Waals surface area contributed by atoms with Crippen molar-refractivity contribution in [2.75, 3.05) is 27.3 Å². The number of hydrogen-bond donors (Lipinski definition) is 0. The molecule has 0 fully saturated rings. The molecule has 0 saturated carbocycles. The maximum Gasteiger partial charge on any atom is 0.269 e. The van der Waals surface area contributed by atoms with Crippen LogP contribution in [0.1, 0.15) is 29.9 Å². The number of rotatable bonds is 13. The molecule has 1 aromatic heterocycles. The third-order valence-electron chi connectivity index (χ3n) is 6.13. The van der Waals surface area contributed by atoms with Gasteiger partial charge in [0, 0.05) is 35.7 Å². The molecule has 0 N–H and O–H groups in total. The summed E-state index contributed by atoms with van der Waals surface area (Å²) in [6, 6.07) is 15.3. The van der Waals surface area contributed by atoms with E-state index >= 15 is 0 Å². The lowest BCUT2D eigenvalue weighted by molar-refractivity contribution is -0.384. The highest BCUT2D eigenvalue weighted by atomic mass is 32.1. The van der Waals surface area contributed by atoms with E-state index in [1.807, 2.05) is 49.6 Å². The first kappa shape index (κ1) is 29.4. The molecule has 3 rings (SSSR count). The molecule has 206 valence electrons. The summed E-state index contributed by atoms with van der Waals surface area (Å²) >= 11 is 1.58. The third kappa shape index (κ3) is 8.41. The summed E-state index contributed by atoms with van der Waals surface area (Å²) in [4.78, 5) is 41.3. The molecule has 1 heterocycles. The van der Waals surface area contributed by atoms with E-state index in [2.05, 4.69) is 0 Å². The topological polar surface area (TPSA) is 102 Å². The van der Waals surface area contributed by atoms with Gasteiger partial charge in [-0.1, -0.05) is 12.1 Å². The molecule has 2 aromatic carbocycles. The van der Waals surface area contributed by atoms with Gasteiger partial charge >= 0.3 is 0 Å². The number of amides is 2. The van der Waals surface area contributed by atoms with Crippen molar-refractivity contribution < 1.29 is 24.0 Å². The zero-order valence-corrected chi connectivity index (χ0v) is 23.3. The normalized spacial score (nSPS) is 11.0. The van der Waals surface area contributed by atoms with E-state index in [4.69, 9.17) is 9.47 Å². The fraction of sp³-hybridized carbons (Fsp3) is 0.310. The van der Waals surface area contributed by atoms with E-state index in [1.165, 1.54) is 23.1 Å². The number of nitrogens with zero attached hydrogens (tertiary/aromatic N) is 3. The van der Waals surface area contributed by atoms with Crippen molar-refractivity contribution in [3.63, 3.8) is 0 Å². The van der Waals surface area contributed by atoms with E-state index in [-0.39, 0.29) is 30.1 Å². The van der Waals surface area contributed by atoms with Gasteiger partial charge in [0.1, 0.15) is 6.54 Å². The number of carbonyl (C=O) groups is 2. The zero-order valence-electron chi connectivity index (χ0n) is 22.5. The van der Waals surface area contributed by atoms with Gasteiger partial charge in [-0.3, -0.25) is 19.7 Å². The average Bonchev–Trinajstić information content (AvgIpc) is 3.45. The standard InChI is InChI=1S/C29H33N3O6S/c1-21(2)31(28(33)14-10-22-7-11-24(12-8-22)32(35)36)20-29(34)30(19-25-6-5-17-39-25)16-15-23-9-13-26(37-3)27(18-23)38-4/h5-14,17-18,21H,15-16,19-20H2,1-4H3. The van der Waals surface area contributed by atoms with Crippen LogP contribution in [0.4, 0.5) is 5.69 Å². The third-order valence-corrected chi connectivity index (χ3v) is 6.99. The lowest BCUT2D eigenvalue weighted by Crippen LogP contribution is -2.45. The fourth-order valence-corrected chi connectivity index (χ4v) is 4.63. The van der Waals surface area contributed by atoms with Crippen LogP contribution in [0.3, 0.4) is 0 Å². The van der Waals surface area contributed by atoms with E-state index in [0.29, 0.717) is 36.6 Å². The number of hydrogen-bond acceptors (Lipinski definition) is 7. The maximum absolute atomic E-state index is 13.5. The number of thiophene rings is 1. The first-order chi connectivity index (χ1) is 18.7. The number of nitro groups is 1. The van der Waals surface area contributed by atoms with Crippen molar-refractivity contribution >= 4 is 34.9 Å². The van der Waals surface area contributed by atoms with Crippen LogP contribution in [0.5, 0.6) is 11.5 Å². The summed E-state index contributed by atoms with van der Waals surface area (Å²) in [5.41, 5.74) is 1.63. The van der Waals surface area contributed by atoms with Gasteiger partial charge in [0.15, 0.2) is 11.5 Å². The Hall–Kier alpha value is -4.18. The maximum atomic E-state index is 13.5. The SMILES string of the molecule is COc1ccc(CCN(Cc2cccs2)C(=O)CN(C(=O)C=Cc2ccc([N+](=O)[O-])cc2)C(C)C)cc1OC. The van der Waals surface area contributed by atoms with Crippen LogP contribution in [-0.4, -0.2) is 59.9 Å². The van der Waals surface area contributed by atoms with Gasteiger partial charge in [0.25, 0.3) is 5.69 Å². The molecule has 2 amide bonds. The lowest BCUT2D eigenvalue weighted by atomic mass is 10.1. The minimum absolute atomic E-state index is 0.0215. The van der Waals surface area contributed by atoms with Crippen LogP contribution >= 0.6 is 11.3 Å². The highest BCUT2D eigenvalue weighted by molar-refractivity contribution is 7.09. The molecule has 0 aliphatic heterocycles. The average molecular weight is 552 g/mol. The lowest BCUT2D eigenvalue weighted by Gasteiger charge is -2.29. The van der Waals surface area contributed by atoms with Crippen molar-refractivity contribution in [1.29, 1.82) is 0 Å². The van der Waals surface area contributed by atoms with Gasteiger partial charge in [-0.15, -0.1) is 11.3 Å². The molecule has 0 radical (unpaired) electrons. The molecule has 0 unspecified atom stereocenters. The first-order valence-electron chi connectivity index (χ1n) is 12.5. The number of benzene rings is 2. The van der Waals surface area contributed by atoms with Crippen LogP contribution < -0.4 is 9.47 Å². The molecule has 0 aliphatic carbocycles. The van der Waals surface area contributed by atoms with Gasteiger partial charge in [-0.2, -0.15) is 0 Å². The van der Waals surface area contributed by atoms with Gasteiger partial charge in [0.2, 0.25) is 11.8 Å². The molecule has 39 heavy (non-hydrogen) atoms. The highest BCUT2D eigenvalue weighted by Crippen LogP contribution is 2.28. The smallest absolute Gasteiger partial charge is 0.269 e. The minimum Gasteiger partial charge on any atom is -0.493 e. The Morgan fingerprint density at radius 2 is 1.77 bits per heavy atom. The Balaban J connectivity index is 1.72. The Morgan fingerprint density at radius 1 is 1.05 bits per heavy atom. The Bertz CT molecular complexity index is 1290. The van der Waals surface area contributed by atoms with Gasteiger partial charge in [-0.05, 0) is 73.2 Å².